The number of nitrogens with zero attached hydrogens (tertiary/aromatic N) is 3. The van der Waals surface area contributed by atoms with Gasteiger partial charge in [0.15, 0.2) is 0 Å². The SMILES string of the molecule is CN(C)C(CNC(=O)N1CCC(OCc2ccccn2)CC1)c1ccco1. The van der Waals surface area contributed by atoms with Crippen LogP contribution in [0.2, 0.25) is 0 Å². The van der Waals surface area contributed by atoms with E-state index in [1.165, 1.54) is 0 Å². The van der Waals surface area contributed by atoms with Crippen molar-refractivity contribution in [1.82, 2.24) is 20.1 Å². The number of rotatable bonds is 7. The number of urea groups is 1. The number of furan rings is 1. The number of likely N-dealkylation sites (tertiary alicyclic amines) is 1. The largest absolute Gasteiger partial charge is 0.468 e. The fraction of sp³-hybridized carbons (Fsp3) is 0.500. The van der Waals surface area contributed by atoms with Gasteiger partial charge in [0, 0.05) is 25.8 Å². The molecule has 1 aliphatic heterocycles. The Bertz CT molecular complexity index is 683. The summed E-state index contributed by atoms with van der Waals surface area (Å²) < 4.78 is 11.4. The summed E-state index contributed by atoms with van der Waals surface area (Å²) in [6, 6.07) is 9.60. The highest BCUT2D eigenvalue weighted by atomic mass is 16.5. The van der Waals surface area contributed by atoms with Crippen LogP contribution in [0.25, 0.3) is 0 Å². The highest BCUT2D eigenvalue weighted by Crippen LogP contribution is 2.19. The molecule has 1 aliphatic rings. The maximum Gasteiger partial charge on any atom is 0.317 e. The number of hydrogen-bond donors (Lipinski definition) is 1. The van der Waals surface area contributed by atoms with Crippen LogP contribution in [0.4, 0.5) is 4.79 Å². The molecule has 0 radical (unpaired) electrons. The minimum atomic E-state index is -0.0309. The van der Waals surface area contributed by atoms with Crippen molar-refractivity contribution in [3.63, 3.8) is 0 Å². The van der Waals surface area contributed by atoms with Crippen LogP contribution < -0.4 is 5.32 Å². The molecule has 1 unspecified atom stereocenters. The molecule has 27 heavy (non-hydrogen) atoms. The average molecular weight is 372 g/mol. The Morgan fingerprint density at radius 1 is 1.33 bits per heavy atom. The number of piperidine rings is 1. The molecule has 0 bridgehead atoms. The number of hydrogen-bond acceptors (Lipinski definition) is 5. The molecule has 1 atom stereocenters. The Labute approximate surface area is 160 Å². The van der Waals surface area contributed by atoms with Crippen molar-refractivity contribution in [2.24, 2.45) is 0 Å². The van der Waals surface area contributed by atoms with Crippen LogP contribution in [-0.4, -0.2) is 60.6 Å². The lowest BCUT2D eigenvalue weighted by atomic mass is 10.1. The molecule has 1 fully saturated rings. The molecule has 3 rings (SSSR count). The van der Waals surface area contributed by atoms with Crippen molar-refractivity contribution < 1.29 is 13.9 Å². The van der Waals surface area contributed by atoms with E-state index >= 15 is 0 Å². The highest BCUT2D eigenvalue weighted by Gasteiger charge is 2.25. The quantitative estimate of drug-likeness (QED) is 0.809. The Morgan fingerprint density at radius 3 is 2.78 bits per heavy atom. The molecule has 0 aliphatic carbocycles. The summed E-state index contributed by atoms with van der Waals surface area (Å²) in [4.78, 5) is 20.7. The first-order valence-electron chi connectivity index (χ1n) is 9.37. The van der Waals surface area contributed by atoms with Crippen LogP contribution in [0.15, 0.2) is 47.2 Å². The average Bonchev–Trinajstić information content (AvgIpc) is 3.22. The smallest absolute Gasteiger partial charge is 0.317 e. The Morgan fingerprint density at radius 2 is 2.15 bits per heavy atom. The third-order valence-electron chi connectivity index (χ3n) is 4.86. The fourth-order valence-corrected chi connectivity index (χ4v) is 3.23. The monoisotopic (exact) mass is 372 g/mol. The van der Waals surface area contributed by atoms with E-state index in [2.05, 4.69) is 10.3 Å². The second-order valence-corrected chi connectivity index (χ2v) is 7.00. The van der Waals surface area contributed by atoms with Crippen molar-refractivity contribution in [2.75, 3.05) is 33.7 Å². The van der Waals surface area contributed by atoms with E-state index in [-0.39, 0.29) is 18.2 Å². The van der Waals surface area contributed by atoms with Gasteiger partial charge in [-0.25, -0.2) is 4.79 Å². The number of pyridine rings is 1. The van der Waals surface area contributed by atoms with Crippen LogP contribution in [-0.2, 0) is 11.3 Å². The molecule has 2 aromatic heterocycles. The molecule has 7 heteroatoms. The zero-order valence-corrected chi connectivity index (χ0v) is 16.0. The van der Waals surface area contributed by atoms with Crippen LogP contribution in [0.1, 0.15) is 30.3 Å². The third-order valence-corrected chi connectivity index (χ3v) is 4.86. The van der Waals surface area contributed by atoms with E-state index in [1.54, 1.807) is 12.5 Å². The van der Waals surface area contributed by atoms with E-state index in [9.17, 15) is 4.79 Å². The first-order chi connectivity index (χ1) is 13.1. The van der Waals surface area contributed by atoms with Crippen molar-refractivity contribution in [3.8, 4) is 0 Å². The number of carbonyl (C=O) groups excluding carboxylic acids is 1. The minimum Gasteiger partial charge on any atom is -0.468 e. The van der Waals surface area contributed by atoms with Gasteiger partial charge in [0.25, 0.3) is 0 Å². The van der Waals surface area contributed by atoms with E-state index in [0.29, 0.717) is 26.2 Å². The lowest BCUT2D eigenvalue weighted by molar-refractivity contribution is 0.00298. The zero-order chi connectivity index (χ0) is 19.1. The van der Waals surface area contributed by atoms with Gasteiger partial charge in [-0.1, -0.05) is 6.07 Å². The normalized spacial score (nSPS) is 16.5. The molecular formula is C20H28N4O3. The van der Waals surface area contributed by atoms with Crippen LogP contribution in [0, 0.1) is 0 Å². The number of likely N-dealkylation sites (N-methyl/N-ethyl adjacent to an activating group) is 1. The summed E-state index contributed by atoms with van der Waals surface area (Å²) in [6.45, 7) is 2.43. The second-order valence-electron chi connectivity index (χ2n) is 7.00. The molecule has 0 spiro atoms. The molecule has 2 amide bonds. The van der Waals surface area contributed by atoms with Crippen LogP contribution in [0.5, 0.6) is 0 Å². The molecule has 146 valence electrons. The number of amides is 2. The van der Waals surface area contributed by atoms with Crippen LogP contribution in [0.3, 0.4) is 0 Å². The topological polar surface area (TPSA) is 70.8 Å². The summed E-state index contributed by atoms with van der Waals surface area (Å²) in [7, 11) is 3.95. The predicted molar refractivity (Wildman–Crippen MR) is 102 cm³/mol. The van der Waals surface area contributed by atoms with E-state index in [1.807, 2.05) is 54.2 Å². The summed E-state index contributed by atoms with van der Waals surface area (Å²) in [5, 5.41) is 3.03. The Balaban J connectivity index is 1.40. The summed E-state index contributed by atoms with van der Waals surface area (Å²) in [6.07, 6.45) is 5.29. The molecule has 0 saturated carbocycles. The number of ether oxygens (including phenoxy) is 1. The van der Waals surface area contributed by atoms with Gasteiger partial charge in [0.2, 0.25) is 0 Å². The summed E-state index contributed by atoms with van der Waals surface area (Å²) in [5.41, 5.74) is 0.935. The van der Waals surface area contributed by atoms with Gasteiger partial charge in [-0.05, 0) is 51.2 Å². The second kappa shape index (κ2) is 9.53. The third kappa shape index (κ3) is 5.55. The van der Waals surface area contributed by atoms with Gasteiger partial charge in [0.05, 0.1) is 30.7 Å². The standard InChI is InChI=1S/C20H28N4O3/c1-23(2)18(19-7-5-13-26-19)14-22-20(25)24-11-8-17(9-12-24)27-15-16-6-3-4-10-21-16/h3-7,10,13,17-18H,8-9,11-12,14-15H2,1-2H3,(H,22,25). The fourth-order valence-electron chi connectivity index (χ4n) is 3.23. The molecule has 1 N–H and O–H groups in total. The van der Waals surface area contributed by atoms with Crippen molar-refractivity contribution in [1.29, 1.82) is 0 Å². The molecule has 0 aromatic carbocycles. The van der Waals surface area contributed by atoms with Gasteiger partial charge < -0.3 is 19.4 Å². The van der Waals surface area contributed by atoms with Crippen molar-refractivity contribution >= 4 is 6.03 Å². The molecule has 3 heterocycles. The zero-order valence-electron chi connectivity index (χ0n) is 16.0. The first kappa shape index (κ1) is 19.4. The van der Waals surface area contributed by atoms with Gasteiger partial charge in [-0.2, -0.15) is 0 Å². The highest BCUT2D eigenvalue weighted by molar-refractivity contribution is 5.74. The summed E-state index contributed by atoms with van der Waals surface area (Å²) in [5.74, 6) is 0.849. The lowest BCUT2D eigenvalue weighted by Gasteiger charge is -2.32. The maximum absolute atomic E-state index is 12.5. The number of aromatic nitrogens is 1. The maximum atomic E-state index is 12.5. The van der Waals surface area contributed by atoms with Gasteiger partial charge in [-0.15, -0.1) is 0 Å². The number of nitrogens with one attached hydrogen (secondary N) is 1. The van der Waals surface area contributed by atoms with Crippen LogP contribution >= 0.6 is 0 Å². The molecular weight excluding hydrogens is 344 g/mol. The lowest BCUT2D eigenvalue weighted by Crippen LogP contribution is -2.47. The van der Waals surface area contributed by atoms with Gasteiger partial charge in [0.1, 0.15) is 5.76 Å². The van der Waals surface area contributed by atoms with E-state index < -0.39 is 0 Å². The predicted octanol–water partition coefficient (Wildman–Crippen LogP) is 2.67. The Hall–Kier alpha value is -2.38. The van der Waals surface area contributed by atoms with E-state index in [4.69, 9.17) is 9.15 Å². The van der Waals surface area contributed by atoms with Crippen molar-refractivity contribution in [2.45, 2.75) is 31.6 Å². The Kier molecular flexibility index (Phi) is 6.84. The van der Waals surface area contributed by atoms with E-state index in [0.717, 1.165) is 24.3 Å². The summed E-state index contributed by atoms with van der Waals surface area (Å²) >= 11 is 0. The van der Waals surface area contributed by atoms with Gasteiger partial charge in [-0.3, -0.25) is 9.88 Å². The van der Waals surface area contributed by atoms with Crippen molar-refractivity contribution in [3.05, 3.63) is 54.2 Å². The molecule has 2 aromatic rings. The first-order valence-corrected chi connectivity index (χ1v) is 9.37. The minimum absolute atomic E-state index is 0.0168. The molecule has 7 nitrogen and oxygen atoms in total. The number of carbonyl (C=O) groups is 1. The molecule has 1 saturated heterocycles. The van der Waals surface area contributed by atoms with Gasteiger partial charge >= 0.3 is 6.03 Å².